The molecule has 4 nitrogen and oxygen atoms in total. The first-order valence-corrected chi connectivity index (χ1v) is 8.71. The van der Waals surface area contributed by atoms with Gasteiger partial charge in [0.1, 0.15) is 5.70 Å². The van der Waals surface area contributed by atoms with Gasteiger partial charge in [0.25, 0.3) is 5.91 Å². The number of rotatable bonds is 4. The number of nitrogens with one attached hydrogen (secondary N) is 1. The summed E-state index contributed by atoms with van der Waals surface area (Å²) in [4.78, 5) is 16.4. The van der Waals surface area contributed by atoms with Gasteiger partial charge in [-0.1, -0.05) is 13.0 Å². The van der Waals surface area contributed by atoms with Crippen LogP contribution in [0, 0.1) is 6.92 Å². The fourth-order valence-electron chi connectivity index (χ4n) is 3.15. The first-order chi connectivity index (χ1) is 11.1. The summed E-state index contributed by atoms with van der Waals surface area (Å²) in [6.07, 6.45) is 5.35. The highest BCUT2D eigenvalue weighted by Gasteiger charge is 2.29. The minimum Gasteiger partial charge on any atom is -0.372 e. The average Bonchev–Trinajstić information content (AvgIpc) is 3.14. The molecule has 1 amide bonds. The van der Waals surface area contributed by atoms with Crippen molar-refractivity contribution >= 4 is 35.0 Å². The van der Waals surface area contributed by atoms with E-state index in [1.165, 1.54) is 24.1 Å². The van der Waals surface area contributed by atoms with Crippen LogP contribution in [0.1, 0.15) is 37.3 Å². The molecule has 0 radical (unpaired) electrons. The van der Waals surface area contributed by atoms with Crippen LogP contribution in [0.15, 0.2) is 23.9 Å². The summed E-state index contributed by atoms with van der Waals surface area (Å²) in [5, 5.41) is 3.55. The second-order valence-electron chi connectivity index (χ2n) is 6.18. The Hall–Kier alpha value is -1.88. The highest BCUT2D eigenvalue weighted by molar-refractivity contribution is 7.80. The van der Waals surface area contributed by atoms with E-state index in [0.29, 0.717) is 17.4 Å². The van der Waals surface area contributed by atoms with Crippen molar-refractivity contribution in [2.24, 2.45) is 0 Å². The van der Waals surface area contributed by atoms with E-state index in [2.05, 4.69) is 35.3 Å². The van der Waals surface area contributed by atoms with Gasteiger partial charge in [-0.25, -0.2) is 0 Å². The van der Waals surface area contributed by atoms with Crippen molar-refractivity contribution in [3.8, 4) is 0 Å². The summed E-state index contributed by atoms with van der Waals surface area (Å²) in [7, 11) is 0. The molecule has 0 spiro atoms. The van der Waals surface area contributed by atoms with E-state index in [4.69, 9.17) is 12.2 Å². The zero-order valence-electron chi connectivity index (χ0n) is 13.8. The minimum absolute atomic E-state index is 0.0279. The first kappa shape index (κ1) is 16.0. The zero-order valence-corrected chi connectivity index (χ0v) is 14.6. The van der Waals surface area contributed by atoms with Crippen LogP contribution in [-0.2, 0) is 4.79 Å². The molecule has 23 heavy (non-hydrogen) atoms. The van der Waals surface area contributed by atoms with Gasteiger partial charge in [-0.15, -0.1) is 0 Å². The largest absolute Gasteiger partial charge is 0.372 e. The Labute approximate surface area is 143 Å². The molecule has 3 rings (SSSR count). The van der Waals surface area contributed by atoms with Gasteiger partial charge in [0.15, 0.2) is 5.11 Å². The number of amides is 1. The van der Waals surface area contributed by atoms with Crippen LogP contribution < -0.4 is 10.2 Å². The molecule has 0 saturated carbocycles. The van der Waals surface area contributed by atoms with Gasteiger partial charge in [-0.3, -0.25) is 9.69 Å². The molecule has 2 aliphatic rings. The van der Waals surface area contributed by atoms with E-state index < -0.39 is 0 Å². The van der Waals surface area contributed by atoms with Crippen LogP contribution in [0.25, 0.3) is 6.08 Å². The number of carbonyl (C=O) groups is 1. The monoisotopic (exact) mass is 329 g/mol. The van der Waals surface area contributed by atoms with Gasteiger partial charge in [-0.2, -0.15) is 0 Å². The third-order valence-electron chi connectivity index (χ3n) is 4.43. The highest BCUT2D eigenvalue weighted by Crippen LogP contribution is 2.25. The van der Waals surface area contributed by atoms with Crippen molar-refractivity contribution in [3.63, 3.8) is 0 Å². The number of aryl methyl sites for hydroxylation is 1. The lowest BCUT2D eigenvalue weighted by Crippen LogP contribution is -2.31. The normalized spacial score (nSPS) is 19.8. The molecule has 0 aliphatic carbocycles. The summed E-state index contributed by atoms with van der Waals surface area (Å²) in [6.45, 7) is 7.07. The second-order valence-corrected chi connectivity index (χ2v) is 6.57. The Balaban J connectivity index is 1.82. The smallest absolute Gasteiger partial charge is 0.276 e. The topological polar surface area (TPSA) is 35.6 Å². The van der Waals surface area contributed by atoms with E-state index in [1.807, 2.05) is 13.0 Å². The fourth-order valence-corrected chi connectivity index (χ4v) is 3.43. The standard InChI is InChI=1S/C18H23N3OS/c1-3-8-21-17(22)16(19-18(21)23)12-14-6-7-15(11-13(14)2)20-9-4-5-10-20/h6-7,11-12H,3-5,8-10H2,1-2H3,(H,19,23)/b16-12-. The average molecular weight is 329 g/mol. The Kier molecular flexibility index (Phi) is 4.66. The molecule has 122 valence electrons. The summed E-state index contributed by atoms with van der Waals surface area (Å²) < 4.78 is 0. The van der Waals surface area contributed by atoms with Crippen molar-refractivity contribution in [2.45, 2.75) is 33.1 Å². The van der Waals surface area contributed by atoms with Gasteiger partial charge < -0.3 is 10.2 Å². The molecule has 0 aromatic heterocycles. The van der Waals surface area contributed by atoms with Gasteiger partial charge in [0.2, 0.25) is 0 Å². The number of nitrogens with zero attached hydrogens (tertiary/aromatic N) is 2. The molecule has 2 saturated heterocycles. The number of carbonyl (C=O) groups excluding carboxylic acids is 1. The van der Waals surface area contributed by atoms with E-state index in [-0.39, 0.29) is 5.91 Å². The van der Waals surface area contributed by atoms with Crippen molar-refractivity contribution < 1.29 is 4.79 Å². The third kappa shape index (κ3) is 3.24. The Morgan fingerprint density at radius 1 is 1.30 bits per heavy atom. The van der Waals surface area contributed by atoms with Crippen LogP contribution in [0.4, 0.5) is 5.69 Å². The van der Waals surface area contributed by atoms with Gasteiger partial charge in [0.05, 0.1) is 0 Å². The maximum atomic E-state index is 12.4. The summed E-state index contributed by atoms with van der Waals surface area (Å²) >= 11 is 5.25. The molecule has 2 fully saturated rings. The molecule has 2 aliphatic heterocycles. The lowest BCUT2D eigenvalue weighted by molar-refractivity contribution is -0.122. The fraction of sp³-hybridized carbons (Fsp3) is 0.444. The maximum absolute atomic E-state index is 12.4. The second kappa shape index (κ2) is 6.71. The Morgan fingerprint density at radius 2 is 2.04 bits per heavy atom. The summed E-state index contributed by atoms with van der Waals surface area (Å²) in [5.41, 5.74) is 4.08. The van der Waals surface area contributed by atoms with Crippen LogP contribution in [0.3, 0.4) is 0 Å². The van der Waals surface area contributed by atoms with Crippen molar-refractivity contribution in [1.82, 2.24) is 10.2 Å². The van der Waals surface area contributed by atoms with Crippen molar-refractivity contribution in [1.29, 1.82) is 0 Å². The predicted molar refractivity (Wildman–Crippen MR) is 98.3 cm³/mol. The maximum Gasteiger partial charge on any atom is 0.276 e. The van der Waals surface area contributed by atoms with Crippen molar-refractivity contribution in [3.05, 3.63) is 35.0 Å². The Bertz CT molecular complexity index is 662. The zero-order chi connectivity index (χ0) is 16.4. The molecule has 1 N–H and O–H groups in total. The van der Waals surface area contributed by atoms with Crippen LogP contribution in [-0.4, -0.2) is 35.6 Å². The third-order valence-corrected chi connectivity index (χ3v) is 4.76. The molecule has 2 heterocycles. The number of thiocarbonyl (C=S) groups is 1. The minimum atomic E-state index is -0.0279. The number of benzene rings is 1. The number of hydrogen-bond acceptors (Lipinski definition) is 3. The summed E-state index contributed by atoms with van der Waals surface area (Å²) in [5.74, 6) is -0.0279. The first-order valence-electron chi connectivity index (χ1n) is 8.30. The molecule has 0 atom stereocenters. The van der Waals surface area contributed by atoms with E-state index in [9.17, 15) is 4.79 Å². The molecular formula is C18H23N3OS. The van der Waals surface area contributed by atoms with Gasteiger partial charge in [-0.05, 0) is 67.7 Å². The van der Waals surface area contributed by atoms with Crippen LogP contribution in [0.2, 0.25) is 0 Å². The van der Waals surface area contributed by atoms with Gasteiger partial charge >= 0.3 is 0 Å². The highest BCUT2D eigenvalue weighted by atomic mass is 32.1. The Morgan fingerprint density at radius 3 is 2.70 bits per heavy atom. The molecule has 0 bridgehead atoms. The van der Waals surface area contributed by atoms with E-state index >= 15 is 0 Å². The molecular weight excluding hydrogens is 306 g/mol. The predicted octanol–water partition coefficient (Wildman–Crippen LogP) is 3.06. The SMILES string of the molecule is CCCN1C(=O)/C(=C/c2ccc(N3CCCC3)cc2C)NC1=S. The number of hydrogen-bond donors (Lipinski definition) is 1. The molecule has 0 unspecified atom stereocenters. The molecule has 5 heteroatoms. The number of anilines is 1. The van der Waals surface area contributed by atoms with E-state index in [0.717, 1.165) is 25.1 Å². The molecule has 1 aromatic rings. The van der Waals surface area contributed by atoms with Crippen molar-refractivity contribution in [2.75, 3.05) is 24.5 Å². The van der Waals surface area contributed by atoms with Crippen LogP contribution in [0.5, 0.6) is 0 Å². The lowest BCUT2D eigenvalue weighted by atomic mass is 10.1. The molecule has 1 aromatic carbocycles. The summed E-state index contributed by atoms with van der Waals surface area (Å²) in [6, 6.07) is 6.45. The van der Waals surface area contributed by atoms with Crippen LogP contribution >= 0.6 is 12.2 Å². The van der Waals surface area contributed by atoms with Gasteiger partial charge in [0, 0.05) is 25.3 Å². The quantitative estimate of drug-likeness (QED) is 0.680. The lowest BCUT2D eigenvalue weighted by Gasteiger charge is -2.18. The van der Waals surface area contributed by atoms with E-state index in [1.54, 1.807) is 4.90 Å².